The van der Waals surface area contributed by atoms with E-state index in [4.69, 9.17) is 4.74 Å². The molecule has 0 radical (unpaired) electrons. The van der Waals surface area contributed by atoms with Crippen molar-refractivity contribution in [3.63, 3.8) is 0 Å². The van der Waals surface area contributed by atoms with Crippen LogP contribution in [-0.4, -0.2) is 29.1 Å². The molecule has 0 spiro atoms. The predicted octanol–water partition coefficient (Wildman–Crippen LogP) is 3.87. The molecule has 3 aromatic rings. The molecule has 0 amide bonds. The molecule has 0 atom stereocenters. The minimum atomic E-state index is -0.299. The Morgan fingerprint density at radius 3 is 2.76 bits per heavy atom. The zero-order chi connectivity index (χ0) is 17.6. The van der Waals surface area contributed by atoms with Crippen LogP contribution in [0.3, 0.4) is 0 Å². The first-order valence-corrected chi connectivity index (χ1v) is 8.27. The zero-order valence-corrected chi connectivity index (χ0v) is 14.2. The van der Waals surface area contributed by atoms with Crippen LogP contribution in [0.1, 0.15) is 18.1 Å². The maximum absolute atomic E-state index is 13.5. The van der Waals surface area contributed by atoms with Crippen molar-refractivity contribution in [1.29, 1.82) is 0 Å². The van der Waals surface area contributed by atoms with Crippen LogP contribution in [0.25, 0.3) is 10.9 Å². The average molecular weight is 340 g/mol. The number of halogens is 1. The molecule has 0 saturated carbocycles. The molecule has 25 heavy (non-hydrogen) atoms. The van der Waals surface area contributed by atoms with Gasteiger partial charge in [0.1, 0.15) is 12.5 Å². The van der Waals surface area contributed by atoms with Gasteiger partial charge in [-0.3, -0.25) is 9.69 Å². The summed E-state index contributed by atoms with van der Waals surface area (Å²) in [5.74, 6) is -0.540. The number of nitrogens with zero attached hydrogens (tertiary/aromatic N) is 1. The molecule has 5 heteroatoms. The van der Waals surface area contributed by atoms with Crippen LogP contribution in [0.4, 0.5) is 4.39 Å². The van der Waals surface area contributed by atoms with Crippen molar-refractivity contribution in [2.45, 2.75) is 19.9 Å². The third-order valence-electron chi connectivity index (χ3n) is 4.13. The molecule has 0 saturated heterocycles. The third kappa shape index (κ3) is 4.67. The van der Waals surface area contributed by atoms with E-state index < -0.39 is 0 Å². The quantitative estimate of drug-likeness (QED) is 0.524. The Balaban J connectivity index is 1.70. The van der Waals surface area contributed by atoms with Gasteiger partial charge in [0.2, 0.25) is 0 Å². The molecule has 2 aromatic carbocycles. The van der Waals surface area contributed by atoms with Gasteiger partial charge in [0.15, 0.2) is 0 Å². The molecule has 1 N–H and O–H groups in total. The molecule has 1 heterocycles. The third-order valence-corrected chi connectivity index (χ3v) is 4.13. The van der Waals surface area contributed by atoms with E-state index >= 15 is 0 Å². The lowest BCUT2D eigenvalue weighted by Crippen LogP contribution is -2.29. The second kappa shape index (κ2) is 7.94. The summed E-state index contributed by atoms with van der Waals surface area (Å²) >= 11 is 0. The maximum Gasteiger partial charge on any atom is 0.303 e. The number of hydrogen-bond acceptors (Lipinski definition) is 3. The molecule has 4 nitrogen and oxygen atoms in total. The van der Waals surface area contributed by atoms with Gasteiger partial charge in [-0.25, -0.2) is 4.39 Å². The highest BCUT2D eigenvalue weighted by molar-refractivity contribution is 5.83. The maximum atomic E-state index is 13.5. The number of fused-ring (bicyclic) bond motifs is 1. The number of H-pyrrole nitrogens is 1. The molecule has 0 aliphatic heterocycles. The van der Waals surface area contributed by atoms with E-state index in [0.717, 1.165) is 28.5 Å². The summed E-state index contributed by atoms with van der Waals surface area (Å²) in [5.41, 5.74) is 3.13. The SMILES string of the molecule is CC(=O)OCN(CCc1c[nH]c2ccc(F)cc12)Cc1ccccc1. The second-order valence-electron chi connectivity index (χ2n) is 6.06. The zero-order valence-electron chi connectivity index (χ0n) is 14.2. The van der Waals surface area contributed by atoms with Gasteiger partial charge in [-0.1, -0.05) is 30.3 Å². The highest BCUT2D eigenvalue weighted by Gasteiger charge is 2.11. The topological polar surface area (TPSA) is 45.3 Å². The van der Waals surface area contributed by atoms with Gasteiger partial charge >= 0.3 is 5.97 Å². The minimum Gasteiger partial charge on any atom is -0.450 e. The molecule has 1 aromatic heterocycles. The summed E-state index contributed by atoms with van der Waals surface area (Å²) < 4.78 is 18.7. The number of carbonyl (C=O) groups is 1. The van der Waals surface area contributed by atoms with Crippen molar-refractivity contribution in [3.8, 4) is 0 Å². The van der Waals surface area contributed by atoms with Gasteiger partial charge in [0, 0.05) is 37.1 Å². The molecular formula is C20H21FN2O2. The first-order valence-electron chi connectivity index (χ1n) is 8.27. The molecule has 0 bridgehead atoms. The fourth-order valence-corrected chi connectivity index (χ4v) is 2.85. The standard InChI is InChI=1S/C20H21FN2O2/c1-15(24)25-14-23(13-16-5-3-2-4-6-16)10-9-17-12-22-20-8-7-18(21)11-19(17)20/h2-8,11-12,22H,9-10,13-14H2,1H3. The van der Waals surface area contributed by atoms with Crippen LogP contribution in [0.5, 0.6) is 0 Å². The Bertz CT molecular complexity index is 845. The van der Waals surface area contributed by atoms with E-state index in [0.29, 0.717) is 13.1 Å². The number of ether oxygens (including phenoxy) is 1. The van der Waals surface area contributed by atoms with Crippen LogP contribution in [-0.2, 0) is 22.5 Å². The fraction of sp³-hybridized carbons (Fsp3) is 0.250. The lowest BCUT2D eigenvalue weighted by molar-refractivity contribution is -0.146. The summed E-state index contributed by atoms with van der Waals surface area (Å²) in [6.07, 6.45) is 2.65. The lowest BCUT2D eigenvalue weighted by Gasteiger charge is -2.21. The van der Waals surface area contributed by atoms with Gasteiger partial charge in [0.05, 0.1) is 0 Å². The first-order chi connectivity index (χ1) is 12.1. The number of carbonyl (C=O) groups excluding carboxylic acids is 1. The number of aromatic nitrogens is 1. The van der Waals surface area contributed by atoms with Gasteiger partial charge in [-0.05, 0) is 35.7 Å². The summed E-state index contributed by atoms with van der Waals surface area (Å²) in [6, 6.07) is 14.8. The van der Waals surface area contributed by atoms with Crippen molar-refractivity contribution in [2.24, 2.45) is 0 Å². The molecular weight excluding hydrogens is 319 g/mol. The van der Waals surface area contributed by atoms with Gasteiger partial charge in [-0.2, -0.15) is 0 Å². The van der Waals surface area contributed by atoms with Gasteiger partial charge in [-0.15, -0.1) is 0 Å². The Morgan fingerprint density at radius 1 is 1.20 bits per heavy atom. The molecule has 3 rings (SSSR count). The van der Waals surface area contributed by atoms with Gasteiger partial charge < -0.3 is 9.72 Å². The van der Waals surface area contributed by atoms with E-state index in [1.54, 1.807) is 12.1 Å². The number of aromatic amines is 1. The highest BCUT2D eigenvalue weighted by atomic mass is 19.1. The largest absolute Gasteiger partial charge is 0.450 e. The Morgan fingerprint density at radius 2 is 2.00 bits per heavy atom. The van der Waals surface area contributed by atoms with Crippen LogP contribution >= 0.6 is 0 Å². The molecule has 0 aliphatic rings. The molecule has 0 fully saturated rings. The van der Waals surface area contributed by atoms with Crippen molar-refractivity contribution >= 4 is 16.9 Å². The second-order valence-corrected chi connectivity index (χ2v) is 6.06. The van der Waals surface area contributed by atoms with Crippen molar-refractivity contribution in [3.05, 3.63) is 71.7 Å². The predicted molar refractivity (Wildman–Crippen MR) is 95.4 cm³/mol. The highest BCUT2D eigenvalue weighted by Crippen LogP contribution is 2.20. The number of rotatable bonds is 7. The van der Waals surface area contributed by atoms with E-state index in [9.17, 15) is 9.18 Å². The smallest absolute Gasteiger partial charge is 0.303 e. The summed E-state index contributed by atoms with van der Waals surface area (Å²) in [6.45, 7) is 3.03. The Hall–Kier alpha value is -2.66. The first kappa shape index (κ1) is 17.2. The van der Waals surface area contributed by atoms with E-state index in [2.05, 4.69) is 9.88 Å². The van der Waals surface area contributed by atoms with E-state index in [1.165, 1.54) is 13.0 Å². The van der Waals surface area contributed by atoms with Crippen molar-refractivity contribution < 1.29 is 13.9 Å². The number of esters is 1. The van der Waals surface area contributed by atoms with Crippen LogP contribution in [0.15, 0.2) is 54.7 Å². The number of nitrogens with one attached hydrogen (secondary N) is 1. The molecule has 130 valence electrons. The van der Waals surface area contributed by atoms with Crippen LogP contribution in [0, 0.1) is 5.82 Å². The monoisotopic (exact) mass is 340 g/mol. The fourth-order valence-electron chi connectivity index (χ4n) is 2.85. The summed E-state index contributed by atoms with van der Waals surface area (Å²) in [7, 11) is 0. The Kier molecular flexibility index (Phi) is 5.46. The molecule has 0 unspecified atom stereocenters. The summed E-state index contributed by atoms with van der Waals surface area (Å²) in [5, 5.41) is 0.896. The number of benzene rings is 2. The van der Waals surface area contributed by atoms with E-state index in [1.807, 2.05) is 36.5 Å². The lowest BCUT2D eigenvalue weighted by atomic mass is 10.1. The normalized spacial score (nSPS) is 11.2. The minimum absolute atomic E-state index is 0.237. The van der Waals surface area contributed by atoms with E-state index in [-0.39, 0.29) is 18.5 Å². The summed E-state index contributed by atoms with van der Waals surface area (Å²) in [4.78, 5) is 16.4. The molecule has 0 aliphatic carbocycles. The number of hydrogen-bond donors (Lipinski definition) is 1. The van der Waals surface area contributed by atoms with Crippen LogP contribution < -0.4 is 0 Å². The van der Waals surface area contributed by atoms with Gasteiger partial charge in [0.25, 0.3) is 0 Å². The van der Waals surface area contributed by atoms with Crippen molar-refractivity contribution in [1.82, 2.24) is 9.88 Å². The van der Waals surface area contributed by atoms with Crippen LogP contribution in [0.2, 0.25) is 0 Å². The van der Waals surface area contributed by atoms with Crippen molar-refractivity contribution in [2.75, 3.05) is 13.3 Å². The average Bonchev–Trinajstić information content (AvgIpc) is 3.00. The Labute approximate surface area is 146 Å².